The third-order valence-electron chi connectivity index (χ3n) is 2.30. The van der Waals surface area contributed by atoms with Crippen LogP contribution in [0.1, 0.15) is 13.8 Å². The maximum atomic E-state index is 11.0. The van der Waals surface area contributed by atoms with Gasteiger partial charge in [0, 0.05) is 13.8 Å². The van der Waals surface area contributed by atoms with Crippen molar-refractivity contribution >= 4 is 11.9 Å². The van der Waals surface area contributed by atoms with Crippen LogP contribution in [0.25, 0.3) is 0 Å². The summed E-state index contributed by atoms with van der Waals surface area (Å²) in [6.07, 6.45) is -0.640. The molecule has 1 aromatic rings. The van der Waals surface area contributed by atoms with Crippen LogP contribution in [0.5, 0.6) is 11.5 Å². The van der Waals surface area contributed by atoms with Gasteiger partial charge in [0.2, 0.25) is 0 Å². The summed E-state index contributed by atoms with van der Waals surface area (Å²) in [5.74, 6) is 0.423. The zero-order valence-electron chi connectivity index (χ0n) is 11.8. The van der Waals surface area contributed by atoms with Crippen molar-refractivity contribution in [2.75, 3.05) is 20.3 Å². The lowest BCUT2D eigenvalue weighted by Gasteiger charge is -2.17. The highest BCUT2D eigenvalue weighted by Crippen LogP contribution is 2.17. The minimum absolute atomic E-state index is 0.0366. The molecule has 0 aliphatic rings. The van der Waals surface area contributed by atoms with E-state index in [-0.39, 0.29) is 13.2 Å². The highest BCUT2D eigenvalue weighted by molar-refractivity contribution is 5.67. The van der Waals surface area contributed by atoms with Gasteiger partial charge >= 0.3 is 11.9 Å². The number of carbonyl (C=O) groups excluding carboxylic acids is 2. The van der Waals surface area contributed by atoms with Gasteiger partial charge in [-0.1, -0.05) is 0 Å². The maximum Gasteiger partial charge on any atom is 0.303 e. The molecule has 110 valence electrons. The summed E-state index contributed by atoms with van der Waals surface area (Å²) in [4.78, 5) is 21.7. The zero-order valence-corrected chi connectivity index (χ0v) is 11.8. The fourth-order valence-electron chi connectivity index (χ4n) is 1.42. The van der Waals surface area contributed by atoms with Gasteiger partial charge in [0.25, 0.3) is 0 Å². The van der Waals surface area contributed by atoms with E-state index < -0.39 is 18.0 Å². The first-order chi connectivity index (χ1) is 9.51. The molecule has 6 heteroatoms. The summed E-state index contributed by atoms with van der Waals surface area (Å²) in [7, 11) is 1.58. The minimum atomic E-state index is -0.640. The van der Waals surface area contributed by atoms with E-state index in [9.17, 15) is 9.59 Å². The van der Waals surface area contributed by atoms with Gasteiger partial charge in [-0.05, 0) is 24.3 Å². The average molecular weight is 282 g/mol. The van der Waals surface area contributed by atoms with Crippen molar-refractivity contribution in [1.29, 1.82) is 0 Å². The fraction of sp³-hybridized carbons (Fsp3) is 0.429. The van der Waals surface area contributed by atoms with E-state index >= 15 is 0 Å². The van der Waals surface area contributed by atoms with Crippen LogP contribution in [0.4, 0.5) is 0 Å². The Kier molecular flexibility index (Phi) is 6.36. The third kappa shape index (κ3) is 6.08. The first-order valence-electron chi connectivity index (χ1n) is 6.08. The topological polar surface area (TPSA) is 71.1 Å². The number of hydrogen-bond donors (Lipinski definition) is 0. The summed E-state index contributed by atoms with van der Waals surface area (Å²) < 4.78 is 20.3. The second-order valence-corrected chi connectivity index (χ2v) is 4.02. The molecule has 1 rings (SSSR count). The molecule has 0 saturated heterocycles. The van der Waals surface area contributed by atoms with Crippen molar-refractivity contribution in [3.05, 3.63) is 24.3 Å². The second-order valence-electron chi connectivity index (χ2n) is 4.02. The molecular formula is C14H18O6. The molecule has 0 bridgehead atoms. The number of methoxy groups -OCH3 is 1. The molecule has 0 heterocycles. The van der Waals surface area contributed by atoms with Crippen molar-refractivity contribution in [3.8, 4) is 11.5 Å². The first kappa shape index (κ1) is 15.8. The number of ether oxygens (including phenoxy) is 4. The standard InChI is InChI=1S/C14H18O6/c1-10(15)18-8-14(20-11(2)16)9-19-13-6-4-12(17-3)5-7-13/h4-7,14H,8-9H2,1-3H3/t14-/m1/s1. The summed E-state index contributed by atoms with van der Waals surface area (Å²) in [6.45, 7) is 2.63. The quantitative estimate of drug-likeness (QED) is 0.707. The number of esters is 2. The Hall–Kier alpha value is -2.24. The molecule has 20 heavy (non-hydrogen) atoms. The van der Waals surface area contributed by atoms with Crippen molar-refractivity contribution in [2.45, 2.75) is 20.0 Å². The largest absolute Gasteiger partial charge is 0.497 e. The summed E-state index contributed by atoms with van der Waals surface area (Å²) >= 11 is 0. The molecule has 0 saturated carbocycles. The number of rotatable bonds is 7. The van der Waals surface area contributed by atoms with Gasteiger partial charge in [0.05, 0.1) is 7.11 Å². The fourth-order valence-corrected chi connectivity index (χ4v) is 1.42. The van der Waals surface area contributed by atoms with Crippen LogP contribution in [0.2, 0.25) is 0 Å². The second kappa shape index (κ2) is 8.04. The van der Waals surface area contributed by atoms with Crippen LogP contribution in [0.3, 0.4) is 0 Å². The van der Waals surface area contributed by atoms with E-state index in [1.807, 2.05) is 0 Å². The van der Waals surface area contributed by atoms with E-state index in [1.165, 1.54) is 13.8 Å². The van der Waals surface area contributed by atoms with E-state index in [4.69, 9.17) is 18.9 Å². The molecule has 0 aliphatic heterocycles. The van der Waals surface area contributed by atoms with E-state index in [1.54, 1.807) is 31.4 Å². The van der Waals surface area contributed by atoms with Gasteiger partial charge in [0.15, 0.2) is 6.10 Å². The maximum absolute atomic E-state index is 11.0. The molecule has 0 unspecified atom stereocenters. The van der Waals surface area contributed by atoms with Gasteiger partial charge in [-0.2, -0.15) is 0 Å². The monoisotopic (exact) mass is 282 g/mol. The molecule has 0 amide bonds. The predicted octanol–water partition coefficient (Wildman–Crippen LogP) is 1.57. The van der Waals surface area contributed by atoms with Gasteiger partial charge in [0.1, 0.15) is 24.7 Å². The first-order valence-corrected chi connectivity index (χ1v) is 6.08. The van der Waals surface area contributed by atoms with E-state index in [0.717, 1.165) is 0 Å². The number of benzene rings is 1. The highest BCUT2D eigenvalue weighted by Gasteiger charge is 2.15. The molecule has 0 spiro atoms. The average Bonchev–Trinajstić information content (AvgIpc) is 2.42. The van der Waals surface area contributed by atoms with E-state index in [2.05, 4.69) is 0 Å². The lowest BCUT2D eigenvalue weighted by atomic mass is 10.3. The molecule has 6 nitrogen and oxygen atoms in total. The molecular weight excluding hydrogens is 264 g/mol. The van der Waals surface area contributed by atoms with Gasteiger partial charge in [-0.25, -0.2) is 0 Å². The van der Waals surface area contributed by atoms with Crippen molar-refractivity contribution < 1.29 is 28.5 Å². The molecule has 0 aromatic heterocycles. The molecule has 1 aromatic carbocycles. The van der Waals surface area contributed by atoms with Crippen LogP contribution in [-0.4, -0.2) is 38.4 Å². The molecule has 0 aliphatic carbocycles. The van der Waals surface area contributed by atoms with Crippen LogP contribution in [0, 0.1) is 0 Å². The Morgan fingerprint density at radius 1 is 1.00 bits per heavy atom. The Morgan fingerprint density at radius 3 is 2.10 bits per heavy atom. The number of carbonyl (C=O) groups is 2. The lowest BCUT2D eigenvalue weighted by Crippen LogP contribution is -2.29. The number of hydrogen-bond acceptors (Lipinski definition) is 6. The summed E-state index contributed by atoms with van der Waals surface area (Å²) in [5.41, 5.74) is 0. The third-order valence-corrected chi connectivity index (χ3v) is 2.30. The lowest BCUT2D eigenvalue weighted by molar-refractivity contribution is -0.158. The van der Waals surface area contributed by atoms with Crippen LogP contribution in [-0.2, 0) is 19.1 Å². The summed E-state index contributed by atoms with van der Waals surface area (Å²) in [5, 5.41) is 0. The highest BCUT2D eigenvalue weighted by atomic mass is 16.6. The Morgan fingerprint density at radius 2 is 1.60 bits per heavy atom. The SMILES string of the molecule is COc1ccc(OC[C@@H](COC(C)=O)OC(C)=O)cc1. The van der Waals surface area contributed by atoms with Crippen LogP contribution < -0.4 is 9.47 Å². The van der Waals surface area contributed by atoms with Crippen molar-refractivity contribution in [1.82, 2.24) is 0 Å². The van der Waals surface area contributed by atoms with Crippen molar-refractivity contribution in [2.24, 2.45) is 0 Å². The zero-order chi connectivity index (χ0) is 15.0. The molecule has 0 fully saturated rings. The van der Waals surface area contributed by atoms with Gasteiger partial charge in [-0.15, -0.1) is 0 Å². The smallest absolute Gasteiger partial charge is 0.303 e. The summed E-state index contributed by atoms with van der Waals surface area (Å²) in [6, 6.07) is 6.97. The van der Waals surface area contributed by atoms with Crippen LogP contribution >= 0.6 is 0 Å². The molecule has 1 atom stereocenters. The van der Waals surface area contributed by atoms with Gasteiger partial charge < -0.3 is 18.9 Å². The Bertz CT molecular complexity index is 439. The van der Waals surface area contributed by atoms with E-state index in [0.29, 0.717) is 11.5 Å². The molecule has 0 N–H and O–H groups in total. The van der Waals surface area contributed by atoms with Crippen molar-refractivity contribution in [3.63, 3.8) is 0 Å². The van der Waals surface area contributed by atoms with Gasteiger partial charge in [-0.3, -0.25) is 9.59 Å². The predicted molar refractivity (Wildman–Crippen MR) is 70.7 cm³/mol. The Balaban J connectivity index is 2.50. The normalized spacial score (nSPS) is 11.3. The Labute approximate surface area is 117 Å². The van der Waals surface area contributed by atoms with Crippen LogP contribution in [0.15, 0.2) is 24.3 Å². The molecule has 0 radical (unpaired) electrons. The minimum Gasteiger partial charge on any atom is -0.497 e.